The molecule has 4 rings (SSSR count). The van der Waals surface area contributed by atoms with Crippen molar-refractivity contribution >= 4 is 44.3 Å². The summed E-state index contributed by atoms with van der Waals surface area (Å²) >= 11 is 1.44. The first-order valence-corrected chi connectivity index (χ1v) is 9.61. The van der Waals surface area contributed by atoms with Gasteiger partial charge in [0.25, 0.3) is 0 Å². The highest BCUT2D eigenvalue weighted by molar-refractivity contribution is 7.22. The summed E-state index contributed by atoms with van der Waals surface area (Å²) < 4.78 is 1.03. The van der Waals surface area contributed by atoms with Crippen LogP contribution in [-0.2, 0) is 4.79 Å². The fourth-order valence-corrected chi connectivity index (χ4v) is 4.14. The zero-order valence-corrected chi connectivity index (χ0v) is 16.0. The maximum Gasteiger partial charge on any atom is 0.321 e. The van der Waals surface area contributed by atoms with Crippen molar-refractivity contribution in [3.8, 4) is 0 Å². The van der Waals surface area contributed by atoms with Gasteiger partial charge in [0.15, 0.2) is 5.13 Å². The Bertz CT molecular complexity index is 1010. The molecule has 3 aromatic rings. The van der Waals surface area contributed by atoms with E-state index in [9.17, 15) is 9.59 Å². The van der Waals surface area contributed by atoms with Crippen LogP contribution >= 0.6 is 11.3 Å². The number of urea groups is 1. The lowest BCUT2D eigenvalue weighted by Gasteiger charge is -2.17. The third-order valence-electron chi connectivity index (χ3n) is 4.57. The number of hydrogen-bond donors (Lipinski definition) is 2. The van der Waals surface area contributed by atoms with Gasteiger partial charge in [-0.3, -0.25) is 10.1 Å². The van der Waals surface area contributed by atoms with Crippen LogP contribution in [0.15, 0.2) is 42.5 Å². The molecule has 0 radical (unpaired) electrons. The van der Waals surface area contributed by atoms with Crippen molar-refractivity contribution < 1.29 is 9.59 Å². The molecule has 138 valence electrons. The second kappa shape index (κ2) is 7.00. The third kappa shape index (κ3) is 3.78. The molecular formula is C20H20N4O2S. The van der Waals surface area contributed by atoms with Crippen molar-refractivity contribution in [1.29, 1.82) is 0 Å². The van der Waals surface area contributed by atoms with E-state index >= 15 is 0 Å². The number of nitrogens with one attached hydrogen (secondary N) is 2. The third-order valence-corrected chi connectivity index (χ3v) is 5.50. The molecule has 0 aliphatic carbocycles. The fraction of sp³-hybridized carbons (Fsp3) is 0.250. The van der Waals surface area contributed by atoms with Gasteiger partial charge < -0.3 is 10.2 Å². The van der Waals surface area contributed by atoms with E-state index in [0.29, 0.717) is 18.1 Å². The van der Waals surface area contributed by atoms with Crippen LogP contribution in [0.3, 0.4) is 0 Å². The smallest absolute Gasteiger partial charge is 0.321 e. The lowest BCUT2D eigenvalue weighted by molar-refractivity contribution is -0.117. The number of carbonyl (C=O) groups is 2. The normalized spacial score (nSPS) is 16.7. The summed E-state index contributed by atoms with van der Waals surface area (Å²) in [4.78, 5) is 30.8. The average molecular weight is 380 g/mol. The van der Waals surface area contributed by atoms with Crippen molar-refractivity contribution in [3.05, 3.63) is 53.6 Å². The Hall–Kier alpha value is -2.93. The van der Waals surface area contributed by atoms with Gasteiger partial charge in [0.2, 0.25) is 5.91 Å². The number of anilines is 2. The molecule has 1 fully saturated rings. The maximum atomic E-state index is 12.3. The van der Waals surface area contributed by atoms with E-state index < -0.39 is 0 Å². The lowest BCUT2D eigenvalue weighted by atomic mass is 10.2. The predicted molar refractivity (Wildman–Crippen MR) is 108 cm³/mol. The minimum atomic E-state index is -0.339. The standard InChI is InChI=1S/C20H20N4O2S/c1-12-3-6-15(7-4-12)24-11-14(10-18(24)25)21-19(26)23-20-22-16-8-5-13(2)9-17(16)27-20/h3-9,14H,10-11H2,1-2H3,(H2,21,22,23,26). The van der Waals surface area contributed by atoms with Crippen molar-refractivity contribution in [3.63, 3.8) is 0 Å². The van der Waals surface area contributed by atoms with Crippen molar-refractivity contribution in [2.24, 2.45) is 0 Å². The highest BCUT2D eigenvalue weighted by atomic mass is 32.1. The van der Waals surface area contributed by atoms with Crippen molar-refractivity contribution in [1.82, 2.24) is 10.3 Å². The molecule has 1 aliphatic rings. The molecule has 1 saturated heterocycles. The SMILES string of the molecule is Cc1ccc(N2CC(NC(=O)Nc3nc4ccc(C)cc4s3)CC2=O)cc1. The van der Waals surface area contributed by atoms with Crippen LogP contribution in [0.5, 0.6) is 0 Å². The minimum absolute atomic E-state index is 0.0135. The van der Waals surface area contributed by atoms with Crippen molar-refractivity contribution in [2.75, 3.05) is 16.8 Å². The summed E-state index contributed by atoms with van der Waals surface area (Å²) in [6, 6.07) is 13.2. The molecule has 3 amide bonds. The van der Waals surface area contributed by atoms with Crippen LogP contribution in [0.2, 0.25) is 0 Å². The zero-order valence-electron chi connectivity index (χ0n) is 15.2. The maximum absolute atomic E-state index is 12.3. The number of amides is 3. The van der Waals surface area contributed by atoms with Gasteiger partial charge in [0, 0.05) is 18.7 Å². The lowest BCUT2D eigenvalue weighted by Crippen LogP contribution is -2.39. The summed E-state index contributed by atoms with van der Waals surface area (Å²) in [5.41, 5.74) is 4.02. The van der Waals surface area contributed by atoms with E-state index in [0.717, 1.165) is 27.0 Å². The fourth-order valence-electron chi connectivity index (χ4n) is 3.18. The molecule has 0 saturated carbocycles. The van der Waals surface area contributed by atoms with E-state index in [1.165, 1.54) is 11.3 Å². The highest BCUT2D eigenvalue weighted by Crippen LogP contribution is 2.27. The summed E-state index contributed by atoms with van der Waals surface area (Å²) in [6.45, 7) is 4.50. The Morgan fingerprint density at radius 2 is 1.89 bits per heavy atom. The van der Waals surface area contributed by atoms with Gasteiger partial charge in [0.1, 0.15) is 0 Å². The first kappa shape index (κ1) is 17.5. The molecule has 1 atom stereocenters. The number of carbonyl (C=O) groups excluding carboxylic acids is 2. The summed E-state index contributed by atoms with van der Waals surface area (Å²) in [5.74, 6) is 0.0135. The number of fused-ring (bicyclic) bond motifs is 1. The monoisotopic (exact) mass is 380 g/mol. The van der Waals surface area contributed by atoms with Crippen LogP contribution in [-0.4, -0.2) is 29.5 Å². The molecule has 0 spiro atoms. The molecule has 0 bridgehead atoms. The highest BCUT2D eigenvalue weighted by Gasteiger charge is 2.31. The van der Waals surface area contributed by atoms with E-state index in [-0.39, 0.29) is 18.0 Å². The van der Waals surface area contributed by atoms with Crippen LogP contribution in [0, 0.1) is 13.8 Å². The number of thiazole rings is 1. The van der Waals surface area contributed by atoms with Crippen LogP contribution in [0.25, 0.3) is 10.2 Å². The first-order chi connectivity index (χ1) is 13.0. The topological polar surface area (TPSA) is 74.3 Å². The number of aromatic nitrogens is 1. The van der Waals surface area contributed by atoms with Gasteiger partial charge in [-0.1, -0.05) is 35.1 Å². The van der Waals surface area contributed by atoms with Gasteiger partial charge in [-0.05, 0) is 43.7 Å². The molecule has 2 heterocycles. The molecular weight excluding hydrogens is 360 g/mol. The second-order valence-electron chi connectivity index (χ2n) is 6.83. The van der Waals surface area contributed by atoms with Gasteiger partial charge in [-0.2, -0.15) is 0 Å². The summed E-state index contributed by atoms with van der Waals surface area (Å²) in [5, 5.41) is 6.21. The Morgan fingerprint density at radius 3 is 2.67 bits per heavy atom. The van der Waals surface area contributed by atoms with E-state index in [4.69, 9.17) is 0 Å². The largest absolute Gasteiger partial charge is 0.333 e. The van der Waals surface area contributed by atoms with Crippen LogP contribution in [0.4, 0.5) is 15.6 Å². The van der Waals surface area contributed by atoms with Gasteiger partial charge >= 0.3 is 6.03 Å². The second-order valence-corrected chi connectivity index (χ2v) is 7.86. The Labute approximate surface area is 161 Å². The number of aryl methyl sites for hydroxylation is 2. The quantitative estimate of drug-likeness (QED) is 0.725. The Balaban J connectivity index is 1.39. The number of benzene rings is 2. The van der Waals surface area contributed by atoms with Gasteiger partial charge in [0.05, 0.1) is 16.3 Å². The average Bonchev–Trinajstić information content (AvgIpc) is 3.17. The van der Waals surface area contributed by atoms with Crippen LogP contribution < -0.4 is 15.5 Å². The number of rotatable bonds is 3. The predicted octanol–water partition coefficient (Wildman–Crippen LogP) is 3.84. The molecule has 1 aromatic heterocycles. The molecule has 2 aromatic carbocycles. The Kier molecular flexibility index (Phi) is 4.53. The molecule has 7 heteroatoms. The van der Waals surface area contributed by atoms with Crippen molar-refractivity contribution in [2.45, 2.75) is 26.3 Å². The van der Waals surface area contributed by atoms with Gasteiger partial charge in [-0.25, -0.2) is 9.78 Å². The number of nitrogens with zero attached hydrogens (tertiary/aromatic N) is 2. The summed E-state index contributed by atoms with van der Waals surface area (Å²) in [6.07, 6.45) is 0.292. The Morgan fingerprint density at radius 1 is 1.15 bits per heavy atom. The zero-order chi connectivity index (χ0) is 19.0. The number of hydrogen-bond acceptors (Lipinski definition) is 4. The van der Waals surface area contributed by atoms with E-state index in [1.807, 2.05) is 56.3 Å². The molecule has 6 nitrogen and oxygen atoms in total. The molecule has 2 N–H and O–H groups in total. The molecule has 27 heavy (non-hydrogen) atoms. The van der Waals surface area contributed by atoms with Crippen LogP contribution in [0.1, 0.15) is 17.5 Å². The minimum Gasteiger partial charge on any atom is -0.333 e. The first-order valence-electron chi connectivity index (χ1n) is 8.80. The summed E-state index contributed by atoms with van der Waals surface area (Å²) in [7, 11) is 0. The van der Waals surface area contributed by atoms with E-state index in [1.54, 1.807) is 4.90 Å². The van der Waals surface area contributed by atoms with E-state index in [2.05, 4.69) is 15.6 Å². The molecule has 1 unspecified atom stereocenters. The molecule has 1 aliphatic heterocycles. The van der Waals surface area contributed by atoms with Gasteiger partial charge in [-0.15, -0.1) is 0 Å².